The summed E-state index contributed by atoms with van der Waals surface area (Å²) < 4.78 is 12.3. The van der Waals surface area contributed by atoms with E-state index in [2.05, 4.69) is 26.1 Å². The number of hydrogen-bond acceptors (Lipinski definition) is 2. The molecule has 0 amide bonds. The molecule has 17 heavy (non-hydrogen) atoms. The molecule has 3 heteroatoms. The first-order valence-corrected chi connectivity index (χ1v) is 7.29. The van der Waals surface area contributed by atoms with Gasteiger partial charge in [0.15, 0.2) is 0 Å². The predicted molar refractivity (Wildman–Crippen MR) is 74.8 cm³/mol. The fourth-order valence-corrected chi connectivity index (χ4v) is 3.48. The van der Waals surface area contributed by atoms with Gasteiger partial charge >= 0.3 is 0 Å². The van der Waals surface area contributed by atoms with Crippen molar-refractivity contribution in [3.63, 3.8) is 0 Å². The van der Waals surface area contributed by atoms with Gasteiger partial charge in [0.05, 0.1) is 10.8 Å². The van der Waals surface area contributed by atoms with Crippen molar-refractivity contribution in [2.24, 2.45) is 5.41 Å². The second-order valence-electron chi connectivity index (χ2n) is 5.54. The molecule has 0 aliphatic rings. The first-order valence-electron chi connectivity index (χ1n) is 5.97. The van der Waals surface area contributed by atoms with Crippen LogP contribution in [0.3, 0.4) is 0 Å². The zero-order valence-electron chi connectivity index (χ0n) is 11.4. The van der Waals surface area contributed by atoms with Crippen molar-refractivity contribution in [3.05, 3.63) is 29.8 Å². The molecule has 0 saturated carbocycles. The summed E-state index contributed by atoms with van der Waals surface area (Å²) in [4.78, 5) is 0.925. The van der Waals surface area contributed by atoms with Crippen molar-refractivity contribution in [1.82, 2.24) is 5.32 Å². The standard InChI is InChI=1S/C14H23NOS/c1-11-7-6-8-12(9-11)17(16)10-13(15-5)14(2,3)4/h6-9,13,15H,10H2,1-5H3. The molecule has 0 saturated heterocycles. The molecule has 2 nitrogen and oxygen atoms in total. The number of nitrogens with one attached hydrogen (secondary N) is 1. The maximum absolute atomic E-state index is 12.3. The van der Waals surface area contributed by atoms with Crippen LogP contribution in [0.4, 0.5) is 0 Å². The van der Waals surface area contributed by atoms with E-state index in [1.54, 1.807) is 0 Å². The third-order valence-corrected chi connectivity index (χ3v) is 4.38. The Morgan fingerprint density at radius 2 is 2.00 bits per heavy atom. The average molecular weight is 253 g/mol. The number of benzene rings is 1. The maximum atomic E-state index is 12.3. The first kappa shape index (κ1) is 14.4. The third kappa shape index (κ3) is 4.25. The Balaban J connectivity index is 2.78. The molecule has 96 valence electrons. The zero-order chi connectivity index (χ0) is 13.1. The van der Waals surface area contributed by atoms with E-state index in [0.717, 1.165) is 10.5 Å². The monoisotopic (exact) mass is 253 g/mol. The van der Waals surface area contributed by atoms with Gasteiger partial charge in [-0.1, -0.05) is 32.9 Å². The van der Waals surface area contributed by atoms with Crippen LogP contribution in [0.15, 0.2) is 29.2 Å². The molecule has 1 rings (SSSR count). The van der Waals surface area contributed by atoms with Gasteiger partial charge in [-0.15, -0.1) is 0 Å². The largest absolute Gasteiger partial charge is 0.316 e. The summed E-state index contributed by atoms with van der Waals surface area (Å²) >= 11 is 0. The predicted octanol–water partition coefficient (Wildman–Crippen LogP) is 2.74. The molecule has 1 N–H and O–H groups in total. The molecular weight excluding hydrogens is 230 g/mol. The summed E-state index contributed by atoms with van der Waals surface area (Å²) in [7, 11) is 1.00. The Bertz CT molecular complexity index is 395. The molecule has 0 aliphatic carbocycles. The van der Waals surface area contributed by atoms with Gasteiger partial charge in [0, 0.05) is 16.7 Å². The maximum Gasteiger partial charge on any atom is 0.0545 e. The molecule has 2 atom stereocenters. The van der Waals surface area contributed by atoms with E-state index in [-0.39, 0.29) is 11.5 Å². The molecule has 1 aromatic carbocycles. The van der Waals surface area contributed by atoms with Gasteiger partial charge in [0.2, 0.25) is 0 Å². The van der Waals surface area contributed by atoms with Crippen LogP contribution < -0.4 is 5.32 Å². The summed E-state index contributed by atoms with van der Waals surface area (Å²) in [6.07, 6.45) is 0. The molecule has 0 bridgehead atoms. The molecule has 0 heterocycles. The Kier molecular flexibility index (Phi) is 4.90. The van der Waals surface area contributed by atoms with E-state index in [1.807, 2.05) is 38.2 Å². The van der Waals surface area contributed by atoms with E-state index in [1.165, 1.54) is 0 Å². The average Bonchev–Trinajstić information content (AvgIpc) is 2.23. The highest BCUT2D eigenvalue weighted by Gasteiger charge is 2.25. The van der Waals surface area contributed by atoms with Crippen molar-refractivity contribution >= 4 is 10.8 Å². The van der Waals surface area contributed by atoms with Gasteiger partial charge in [-0.3, -0.25) is 4.21 Å². The highest BCUT2D eigenvalue weighted by atomic mass is 32.2. The van der Waals surface area contributed by atoms with Crippen LogP contribution in [-0.4, -0.2) is 23.1 Å². The van der Waals surface area contributed by atoms with Gasteiger partial charge in [0.1, 0.15) is 0 Å². The second kappa shape index (κ2) is 5.78. The van der Waals surface area contributed by atoms with Crippen LogP contribution in [-0.2, 0) is 10.8 Å². The van der Waals surface area contributed by atoms with Crippen molar-refractivity contribution < 1.29 is 4.21 Å². The highest BCUT2D eigenvalue weighted by Crippen LogP contribution is 2.21. The van der Waals surface area contributed by atoms with E-state index in [9.17, 15) is 4.21 Å². The molecular formula is C14H23NOS. The van der Waals surface area contributed by atoms with Crippen LogP contribution in [0.1, 0.15) is 26.3 Å². The first-order chi connectivity index (χ1) is 7.84. The van der Waals surface area contributed by atoms with Crippen molar-refractivity contribution in [1.29, 1.82) is 0 Å². The lowest BCUT2D eigenvalue weighted by atomic mass is 9.88. The van der Waals surface area contributed by atoms with Gasteiger partial charge < -0.3 is 5.32 Å². The topological polar surface area (TPSA) is 29.1 Å². The molecule has 0 aromatic heterocycles. The summed E-state index contributed by atoms with van der Waals surface area (Å²) in [5.74, 6) is 0.656. The normalized spacial score (nSPS) is 15.6. The lowest BCUT2D eigenvalue weighted by Gasteiger charge is -2.30. The van der Waals surface area contributed by atoms with Gasteiger partial charge in [0.25, 0.3) is 0 Å². The van der Waals surface area contributed by atoms with E-state index < -0.39 is 10.8 Å². The van der Waals surface area contributed by atoms with E-state index >= 15 is 0 Å². The van der Waals surface area contributed by atoms with Crippen LogP contribution in [0.2, 0.25) is 0 Å². The second-order valence-corrected chi connectivity index (χ2v) is 7.03. The highest BCUT2D eigenvalue weighted by molar-refractivity contribution is 7.85. The molecule has 1 aromatic rings. The minimum absolute atomic E-state index is 0.119. The van der Waals surface area contributed by atoms with Crippen LogP contribution >= 0.6 is 0 Å². The fourth-order valence-electron chi connectivity index (χ4n) is 1.77. The quantitative estimate of drug-likeness (QED) is 0.894. The van der Waals surface area contributed by atoms with Gasteiger partial charge in [-0.25, -0.2) is 0 Å². The zero-order valence-corrected chi connectivity index (χ0v) is 12.2. The fraction of sp³-hybridized carbons (Fsp3) is 0.571. The van der Waals surface area contributed by atoms with Crippen molar-refractivity contribution in [2.45, 2.75) is 38.6 Å². The number of aryl methyl sites for hydroxylation is 1. The van der Waals surface area contributed by atoms with Crippen LogP contribution in [0.5, 0.6) is 0 Å². The third-order valence-electron chi connectivity index (χ3n) is 2.96. The summed E-state index contributed by atoms with van der Waals surface area (Å²) in [6.45, 7) is 8.53. The minimum atomic E-state index is -0.933. The van der Waals surface area contributed by atoms with E-state index in [4.69, 9.17) is 0 Å². The number of rotatable bonds is 4. The Morgan fingerprint density at radius 3 is 2.47 bits per heavy atom. The Labute approximate surface area is 107 Å². The van der Waals surface area contributed by atoms with Gasteiger partial charge in [-0.05, 0) is 37.1 Å². The van der Waals surface area contributed by atoms with Gasteiger partial charge in [-0.2, -0.15) is 0 Å². The van der Waals surface area contributed by atoms with Crippen LogP contribution in [0.25, 0.3) is 0 Å². The number of hydrogen-bond donors (Lipinski definition) is 1. The molecule has 0 spiro atoms. The van der Waals surface area contributed by atoms with Crippen LogP contribution in [0, 0.1) is 12.3 Å². The van der Waals surface area contributed by atoms with Crippen molar-refractivity contribution in [2.75, 3.05) is 12.8 Å². The summed E-state index contributed by atoms with van der Waals surface area (Å²) in [5.41, 5.74) is 1.28. The van der Waals surface area contributed by atoms with E-state index in [0.29, 0.717) is 5.75 Å². The molecule has 0 radical (unpaired) electrons. The molecule has 2 unspecified atom stereocenters. The summed E-state index contributed by atoms with van der Waals surface area (Å²) in [6, 6.07) is 8.20. The summed E-state index contributed by atoms with van der Waals surface area (Å²) in [5, 5.41) is 3.26. The lowest BCUT2D eigenvalue weighted by molar-refractivity contribution is 0.304. The smallest absolute Gasteiger partial charge is 0.0545 e. The minimum Gasteiger partial charge on any atom is -0.316 e. The van der Waals surface area contributed by atoms with Crippen molar-refractivity contribution in [3.8, 4) is 0 Å². The molecule has 0 aliphatic heterocycles. The SMILES string of the molecule is CNC(CS(=O)c1cccc(C)c1)C(C)(C)C. The Morgan fingerprint density at radius 1 is 1.35 bits per heavy atom. The Hall–Kier alpha value is -0.670. The molecule has 0 fully saturated rings. The lowest BCUT2D eigenvalue weighted by Crippen LogP contribution is -2.42.